The summed E-state index contributed by atoms with van der Waals surface area (Å²) in [6, 6.07) is 22.9. The van der Waals surface area contributed by atoms with E-state index < -0.39 is 5.82 Å². The molecule has 24 heavy (non-hydrogen) atoms. The summed E-state index contributed by atoms with van der Waals surface area (Å²) in [6.07, 6.45) is 0. The zero-order valence-electron chi connectivity index (χ0n) is 12.8. The van der Waals surface area contributed by atoms with Crippen LogP contribution in [0.3, 0.4) is 0 Å². The van der Waals surface area contributed by atoms with Crippen LogP contribution < -0.4 is 4.90 Å². The van der Waals surface area contributed by atoms with Crippen LogP contribution in [0.15, 0.2) is 78.9 Å². The minimum absolute atomic E-state index is 0.00794. The van der Waals surface area contributed by atoms with E-state index in [0.29, 0.717) is 17.8 Å². The molecule has 0 atom stereocenters. The molecule has 0 bridgehead atoms. The van der Waals surface area contributed by atoms with Crippen molar-refractivity contribution >= 4 is 23.2 Å². The van der Waals surface area contributed by atoms with Gasteiger partial charge in [-0.1, -0.05) is 60.1 Å². The summed E-state index contributed by atoms with van der Waals surface area (Å²) in [5.41, 5.74) is 2.09. The average molecular weight is 340 g/mol. The Hall–Kier alpha value is -2.65. The third-order valence-corrected chi connectivity index (χ3v) is 3.95. The molecule has 0 aliphatic carbocycles. The smallest absolute Gasteiger partial charge is 0.258 e. The van der Waals surface area contributed by atoms with E-state index in [2.05, 4.69) is 0 Å². The van der Waals surface area contributed by atoms with Crippen molar-refractivity contribution in [1.82, 2.24) is 0 Å². The van der Waals surface area contributed by atoms with Crippen LogP contribution >= 0.6 is 11.6 Å². The first-order valence-corrected chi connectivity index (χ1v) is 7.89. The van der Waals surface area contributed by atoms with Gasteiger partial charge >= 0.3 is 0 Å². The van der Waals surface area contributed by atoms with Crippen molar-refractivity contribution in [3.8, 4) is 0 Å². The Bertz CT molecular complexity index is 837. The van der Waals surface area contributed by atoms with Gasteiger partial charge in [0.05, 0.1) is 11.6 Å². The second kappa shape index (κ2) is 7.28. The maximum absolute atomic E-state index is 13.5. The molecule has 0 spiro atoms. The van der Waals surface area contributed by atoms with Gasteiger partial charge in [-0.15, -0.1) is 0 Å². The summed E-state index contributed by atoms with van der Waals surface area (Å²) in [7, 11) is 0. The second-order valence-electron chi connectivity index (χ2n) is 5.34. The molecule has 0 radical (unpaired) electrons. The lowest BCUT2D eigenvalue weighted by Crippen LogP contribution is -2.30. The summed E-state index contributed by atoms with van der Waals surface area (Å²) in [6.45, 7) is 0.372. The second-order valence-corrected chi connectivity index (χ2v) is 5.75. The van der Waals surface area contributed by atoms with E-state index in [1.54, 1.807) is 23.1 Å². The van der Waals surface area contributed by atoms with E-state index >= 15 is 0 Å². The number of carbonyl (C=O) groups is 1. The Kier molecular flexibility index (Phi) is 4.92. The number of benzene rings is 3. The number of nitrogens with zero attached hydrogens (tertiary/aromatic N) is 1. The standard InChI is InChI=1S/C20H15ClFNO/c21-18-13-17(11-12-19(18)22)23(14-15-7-3-1-4-8-15)20(24)16-9-5-2-6-10-16/h1-13H,14H2. The van der Waals surface area contributed by atoms with Gasteiger partial charge in [0.15, 0.2) is 0 Å². The van der Waals surface area contributed by atoms with Gasteiger partial charge in [-0.3, -0.25) is 4.79 Å². The molecule has 0 saturated heterocycles. The van der Waals surface area contributed by atoms with Gasteiger partial charge in [0, 0.05) is 11.3 Å². The van der Waals surface area contributed by atoms with Gasteiger partial charge in [-0.2, -0.15) is 0 Å². The van der Waals surface area contributed by atoms with E-state index in [-0.39, 0.29) is 10.9 Å². The van der Waals surface area contributed by atoms with Crippen molar-refractivity contribution in [3.05, 3.63) is 101 Å². The van der Waals surface area contributed by atoms with Gasteiger partial charge in [-0.05, 0) is 35.9 Å². The number of halogens is 2. The Morgan fingerprint density at radius 3 is 2.17 bits per heavy atom. The molecule has 0 N–H and O–H groups in total. The lowest BCUT2D eigenvalue weighted by molar-refractivity contribution is 0.0985. The Balaban J connectivity index is 2.00. The molecule has 0 saturated carbocycles. The van der Waals surface area contributed by atoms with E-state index in [1.165, 1.54) is 12.1 Å². The average Bonchev–Trinajstić information content (AvgIpc) is 2.63. The Morgan fingerprint density at radius 2 is 1.54 bits per heavy atom. The van der Waals surface area contributed by atoms with Crippen molar-refractivity contribution in [2.75, 3.05) is 4.90 Å². The molecule has 1 amide bonds. The highest BCUT2D eigenvalue weighted by Gasteiger charge is 2.19. The highest BCUT2D eigenvalue weighted by molar-refractivity contribution is 6.31. The fourth-order valence-electron chi connectivity index (χ4n) is 2.44. The van der Waals surface area contributed by atoms with Gasteiger partial charge < -0.3 is 4.90 Å². The maximum atomic E-state index is 13.5. The molecule has 2 nitrogen and oxygen atoms in total. The van der Waals surface area contributed by atoms with Gasteiger partial charge in [0.25, 0.3) is 5.91 Å². The third kappa shape index (κ3) is 3.63. The largest absolute Gasteiger partial charge is 0.304 e. The number of anilines is 1. The maximum Gasteiger partial charge on any atom is 0.258 e. The lowest BCUT2D eigenvalue weighted by Gasteiger charge is -2.23. The molecule has 4 heteroatoms. The SMILES string of the molecule is O=C(c1ccccc1)N(Cc1ccccc1)c1ccc(F)c(Cl)c1. The fourth-order valence-corrected chi connectivity index (χ4v) is 2.61. The third-order valence-electron chi connectivity index (χ3n) is 3.66. The van der Waals surface area contributed by atoms with Crippen molar-refractivity contribution in [1.29, 1.82) is 0 Å². The summed E-state index contributed by atoms with van der Waals surface area (Å²) in [5, 5.41) is -0.00794. The van der Waals surface area contributed by atoms with Crippen molar-refractivity contribution in [2.45, 2.75) is 6.54 Å². The summed E-state index contributed by atoms with van der Waals surface area (Å²) < 4.78 is 13.5. The van der Waals surface area contributed by atoms with Crippen LogP contribution in [0.4, 0.5) is 10.1 Å². The minimum atomic E-state index is -0.507. The molecule has 3 rings (SSSR count). The predicted molar refractivity (Wildman–Crippen MR) is 94.8 cm³/mol. The number of rotatable bonds is 4. The quantitative estimate of drug-likeness (QED) is 0.629. The van der Waals surface area contributed by atoms with Crippen molar-refractivity contribution in [2.24, 2.45) is 0 Å². The van der Waals surface area contributed by atoms with Crippen LogP contribution in [0.2, 0.25) is 5.02 Å². The summed E-state index contributed by atoms with van der Waals surface area (Å²) >= 11 is 5.90. The van der Waals surface area contributed by atoms with Crippen LogP contribution in [-0.2, 0) is 6.54 Å². The van der Waals surface area contributed by atoms with Gasteiger partial charge in [0.2, 0.25) is 0 Å². The monoisotopic (exact) mass is 339 g/mol. The molecule has 3 aromatic rings. The molecular formula is C20H15ClFNO. The van der Waals surface area contributed by atoms with Crippen molar-refractivity contribution < 1.29 is 9.18 Å². The summed E-state index contributed by atoms with van der Waals surface area (Å²) in [5.74, 6) is -0.672. The first kappa shape index (κ1) is 16.2. The van der Waals surface area contributed by atoms with Crippen molar-refractivity contribution in [3.63, 3.8) is 0 Å². The van der Waals surface area contributed by atoms with E-state index in [1.807, 2.05) is 48.5 Å². The molecule has 0 fully saturated rings. The normalized spacial score (nSPS) is 10.4. The van der Waals surface area contributed by atoms with Gasteiger partial charge in [0.1, 0.15) is 5.82 Å². The van der Waals surface area contributed by atoms with E-state index in [4.69, 9.17) is 11.6 Å². The highest BCUT2D eigenvalue weighted by Crippen LogP contribution is 2.25. The first-order valence-electron chi connectivity index (χ1n) is 7.51. The molecule has 0 aliphatic heterocycles. The van der Waals surface area contributed by atoms with E-state index in [9.17, 15) is 9.18 Å². The van der Waals surface area contributed by atoms with Crippen LogP contribution in [0.5, 0.6) is 0 Å². The number of hydrogen-bond donors (Lipinski definition) is 0. The molecule has 3 aromatic carbocycles. The number of hydrogen-bond acceptors (Lipinski definition) is 1. The zero-order valence-corrected chi connectivity index (χ0v) is 13.6. The Labute approximate surface area is 145 Å². The van der Waals surface area contributed by atoms with Crippen LogP contribution in [0.25, 0.3) is 0 Å². The van der Waals surface area contributed by atoms with E-state index in [0.717, 1.165) is 5.56 Å². The molecule has 0 aliphatic rings. The van der Waals surface area contributed by atoms with Crippen LogP contribution in [-0.4, -0.2) is 5.91 Å². The molecule has 0 heterocycles. The molecular weight excluding hydrogens is 325 g/mol. The predicted octanol–water partition coefficient (Wildman–Crippen LogP) is 5.33. The number of amides is 1. The molecule has 120 valence electrons. The van der Waals surface area contributed by atoms with Crippen LogP contribution in [0, 0.1) is 5.82 Å². The summed E-state index contributed by atoms with van der Waals surface area (Å²) in [4.78, 5) is 14.5. The highest BCUT2D eigenvalue weighted by atomic mass is 35.5. The fraction of sp³-hybridized carbons (Fsp3) is 0.0500. The Morgan fingerprint density at radius 1 is 0.917 bits per heavy atom. The minimum Gasteiger partial charge on any atom is -0.304 e. The van der Waals surface area contributed by atoms with Gasteiger partial charge in [-0.25, -0.2) is 4.39 Å². The van der Waals surface area contributed by atoms with Crippen LogP contribution in [0.1, 0.15) is 15.9 Å². The molecule has 0 aromatic heterocycles. The first-order chi connectivity index (χ1) is 11.6. The lowest BCUT2D eigenvalue weighted by atomic mass is 10.1. The number of carbonyl (C=O) groups excluding carboxylic acids is 1. The topological polar surface area (TPSA) is 20.3 Å². The zero-order chi connectivity index (χ0) is 16.9. The molecule has 0 unspecified atom stereocenters.